The summed E-state index contributed by atoms with van der Waals surface area (Å²) >= 11 is 0. The smallest absolute Gasteiger partial charge is 0.0816 e. The molecule has 0 N–H and O–H groups in total. The molecular formula is C18H27NO2. The van der Waals surface area contributed by atoms with Crippen LogP contribution in [-0.4, -0.2) is 24.4 Å². The Morgan fingerprint density at radius 3 is 2.24 bits per heavy atom. The van der Waals surface area contributed by atoms with Gasteiger partial charge in [0.25, 0.3) is 0 Å². The molecule has 1 unspecified atom stereocenters. The van der Waals surface area contributed by atoms with E-state index in [1.807, 2.05) is 0 Å². The fourth-order valence-electron chi connectivity index (χ4n) is 3.86. The maximum atomic E-state index is 6.50. The molecule has 3 rings (SSSR count). The quantitative estimate of drug-likeness (QED) is 0.822. The molecule has 0 amide bonds. The van der Waals surface area contributed by atoms with Gasteiger partial charge in [-0.1, -0.05) is 24.3 Å². The predicted molar refractivity (Wildman–Crippen MR) is 83.9 cm³/mol. The van der Waals surface area contributed by atoms with Crippen molar-refractivity contribution < 1.29 is 9.57 Å². The largest absolute Gasteiger partial charge is 0.381 e. The van der Waals surface area contributed by atoms with E-state index in [1.54, 1.807) is 0 Å². The summed E-state index contributed by atoms with van der Waals surface area (Å²) in [4.78, 5) is 6.50. The van der Waals surface area contributed by atoms with Crippen molar-refractivity contribution in [3.05, 3.63) is 35.4 Å². The van der Waals surface area contributed by atoms with Crippen LogP contribution in [0.25, 0.3) is 0 Å². The van der Waals surface area contributed by atoms with Crippen molar-refractivity contribution in [3.8, 4) is 0 Å². The summed E-state index contributed by atoms with van der Waals surface area (Å²) in [5.74, 6) is 0. The Morgan fingerprint density at radius 2 is 1.62 bits per heavy atom. The van der Waals surface area contributed by atoms with E-state index in [1.165, 1.54) is 11.1 Å². The van der Waals surface area contributed by atoms with E-state index in [9.17, 15) is 0 Å². The van der Waals surface area contributed by atoms with Gasteiger partial charge in [0.2, 0.25) is 0 Å². The van der Waals surface area contributed by atoms with Gasteiger partial charge in [0.05, 0.1) is 17.2 Å². The molecular weight excluding hydrogens is 262 g/mol. The third-order valence-corrected chi connectivity index (χ3v) is 4.91. The third-order valence-electron chi connectivity index (χ3n) is 4.91. The van der Waals surface area contributed by atoms with E-state index in [2.05, 4.69) is 57.0 Å². The number of rotatable bonds is 2. The highest BCUT2D eigenvalue weighted by Crippen LogP contribution is 2.49. The second kappa shape index (κ2) is 5.38. The molecule has 3 nitrogen and oxygen atoms in total. The number of ether oxygens (including phenoxy) is 1. The Balaban J connectivity index is 1.88. The van der Waals surface area contributed by atoms with Crippen LogP contribution in [0.5, 0.6) is 0 Å². The Labute approximate surface area is 128 Å². The first-order valence-corrected chi connectivity index (χ1v) is 8.09. The van der Waals surface area contributed by atoms with Gasteiger partial charge < -0.3 is 4.74 Å². The molecule has 2 aliphatic heterocycles. The molecule has 0 saturated carbocycles. The summed E-state index contributed by atoms with van der Waals surface area (Å²) in [6, 6.07) is 8.71. The molecule has 3 heteroatoms. The number of hydrogen-bond acceptors (Lipinski definition) is 3. The lowest BCUT2D eigenvalue weighted by atomic mass is 9.91. The number of benzene rings is 1. The zero-order valence-electron chi connectivity index (χ0n) is 13.7. The second-order valence-corrected chi connectivity index (χ2v) is 7.23. The molecule has 1 aromatic rings. The topological polar surface area (TPSA) is 21.7 Å². The normalized spacial score (nSPS) is 28.1. The first-order chi connectivity index (χ1) is 9.94. The van der Waals surface area contributed by atoms with E-state index in [-0.39, 0.29) is 17.2 Å². The van der Waals surface area contributed by atoms with Crippen molar-refractivity contribution in [2.45, 2.75) is 64.1 Å². The zero-order chi connectivity index (χ0) is 15.1. The summed E-state index contributed by atoms with van der Waals surface area (Å²) in [7, 11) is 0. The molecule has 0 radical (unpaired) electrons. The van der Waals surface area contributed by atoms with Crippen molar-refractivity contribution in [3.63, 3.8) is 0 Å². The summed E-state index contributed by atoms with van der Waals surface area (Å²) in [5, 5.41) is 2.22. The van der Waals surface area contributed by atoms with Gasteiger partial charge in [-0.3, -0.25) is 4.84 Å². The average molecular weight is 289 g/mol. The Bertz CT molecular complexity index is 467. The molecule has 1 aromatic carbocycles. The predicted octanol–water partition coefficient (Wildman–Crippen LogP) is 3.97. The van der Waals surface area contributed by atoms with Gasteiger partial charge in [-0.15, -0.1) is 0 Å². The maximum Gasteiger partial charge on any atom is 0.0816 e. The van der Waals surface area contributed by atoms with Gasteiger partial charge in [0.15, 0.2) is 0 Å². The van der Waals surface area contributed by atoms with Crippen LogP contribution in [0.2, 0.25) is 0 Å². The van der Waals surface area contributed by atoms with Crippen LogP contribution >= 0.6 is 0 Å². The van der Waals surface area contributed by atoms with Crippen LogP contribution in [0.3, 0.4) is 0 Å². The number of hydroxylamine groups is 2. The molecule has 1 atom stereocenters. The maximum absolute atomic E-state index is 6.50. The Hall–Kier alpha value is -0.900. The van der Waals surface area contributed by atoms with E-state index in [0.717, 1.165) is 32.5 Å². The molecule has 1 saturated heterocycles. The Morgan fingerprint density at radius 1 is 1.00 bits per heavy atom. The standard InChI is InChI=1S/C18H27NO2/c1-17(2)15-9-5-6-10-16(15)18(3,4)19(17)21-14-8-7-12-20-13-11-14/h5-6,9-10,14H,7-8,11-13H2,1-4H3. The van der Waals surface area contributed by atoms with Crippen molar-refractivity contribution >= 4 is 0 Å². The van der Waals surface area contributed by atoms with Crippen LogP contribution < -0.4 is 0 Å². The van der Waals surface area contributed by atoms with Crippen LogP contribution in [0, 0.1) is 0 Å². The number of fused-ring (bicyclic) bond motifs is 1. The van der Waals surface area contributed by atoms with E-state index >= 15 is 0 Å². The van der Waals surface area contributed by atoms with Gasteiger partial charge in [-0.2, -0.15) is 5.06 Å². The van der Waals surface area contributed by atoms with Crippen molar-refractivity contribution in [1.29, 1.82) is 0 Å². The van der Waals surface area contributed by atoms with E-state index in [0.29, 0.717) is 0 Å². The molecule has 21 heavy (non-hydrogen) atoms. The highest BCUT2D eigenvalue weighted by atomic mass is 16.7. The minimum atomic E-state index is -0.104. The van der Waals surface area contributed by atoms with Gasteiger partial charge in [0.1, 0.15) is 0 Å². The second-order valence-electron chi connectivity index (χ2n) is 7.23. The van der Waals surface area contributed by atoms with Gasteiger partial charge in [0, 0.05) is 13.2 Å². The average Bonchev–Trinajstić information content (AvgIpc) is 2.67. The van der Waals surface area contributed by atoms with Gasteiger partial charge in [-0.05, 0) is 58.1 Å². The molecule has 0 aliphatic carbocycles. The molecule has 2 heterocycles. The van der Waals surface area contributed by atoms with Crippen LogP contribution in [0.1, 0.15) is 58.1 Å². The van der Waals surface area contributed by atoms with Crippen molar-refractivity contribution in [2.24, 2.45) is 0 Å². The lowest BCUT2D eigenvalue weighted by molar-refractivity contribution is -0.289. The molecule has 0 aromatic heterocycles. The summed E-state index contributed by atoms with van der Waals surface area (Å²) in [6.45, 7) is 10.7. The van der Waals surface area contributed by atoms with Gasteiger partial charge >= 0.3 is 0 Å². The fourth-order valence-corrected chi connectivity index (χ4v) is 3.86. The van der Waals surface area contributed by atoms with E-state index in [4.69, 9.17) is 9.57 Å². The van der Waals surface area contributed by atoms with Gasteiger partial charge in [-0.25, -0.2) is 0 Å². The summed E-state index contributed by atoms with van der Waals surface area (Å²) < 4.78 is 5.56. The lowest BCUT2D eigenvalue weighted by Crippen LogP contribution is -2.47. The highest BCUT2D eigenvalue weighted by molar-refractivity contribution is 5.42. The summed E-state index contributed by atoms with van der Waals surface area (Å²) in [6.07, 6.45) is 3.42. The Kier molecular flexibility index (Phi) is 3.85. The van der Waals surface area contributed by atoms with Crippen LogP contribution in [-0.2, 0) is 20.7 Å². The summed E-state index contributed by atoms with van der Waals surface area (Å²) in [5.41, 5.74) is 2.54. The van der Waals surface area contributed by atoms with Crippen molar-refractivity contribution in [1.82, 2.24) is 5.06 Å². The molecule has 116 valence electrons. The highest BCUT2D eigenvalue weighted by Gasteiger charge is 2.50. The number of nitrogens with zero attached hydrogens (tertiary/aromatic N) is 1. The molecule has 2 aliphatic rings. The van der Waals surface area contributed by atoms with Crippen molar-refractivity contribution in [2.75, 3.05) is 13.2 Å². The third kappa shape index (κ3) is 2.52. The van der Waals surface area contributed by atoms with E-state index < -0.39 is 0 Å². The lowest BCUT2D eigenvalue weighted by Gasteiger charge is -2.41. The molecule has 1 fully saturated rings. The SMILES string of the molecule is CC1(C)c2ccccc2C(C)(C)N1OC1CCCOCC1. The first kappa shape index (κ1) is 15.0. The molecule has 0 bridgehead atoms. The molecule has 0 spiro atoms. The van der Waals surface area contributed by atoms with Crippen LogP contribution in [0.4, 0.5) is 0 Å². The zero-order valence-corrected chi connectivity index (χ0v) is 13.7. The first-order valence-electron chi connectivity index (χ1n) is 8.09. The fraction of sp³-hybridized carbons (Fsp3) is 0.667. The minimum absolute atomic E-state index is 0.104. The minimum Gasteiger partial charge on any atom is -0.381 e. The monoisotopic (exact) mass is 289 g/mol. The van der Waals surface area contributed by atoms with Crippen LogP contribution in [0.15, 0.2) is 24.3 Å². The number of hydrogen-bond donors (Lipinski definition) is 0.